The standard InChI is InChI=1S/C26H26ClN4/c27-23-10-8-22(9-11-23)26-24-12-15-28-16-13-25(24)31(30-26,18-20-5-2-1-3-6-20)19-21-7-4-14-29-17-21/h1-11,14,17,28H,12-13,15-16,18-19H2/q+1. The lowest BCUT2D eigenvalue weighted by molar-refractivity contribution is -0.924. The molecule has 1 aromatic heterocycles. The molecule has 2 aliphatic heterocycles. The van der Waals surface area contributed by atoms with E-state index in [1.807, 2.05) is 30.6 Å². The van der Waals surface area contributed by atoms with Crippen molar-refractivity contribution in [1.82, 2.24) is 10.3 Å². The van der Waals surface area contributed by atoms with Crippen molar-refractivity contribution in [1.29, 1.82) is 0 Å². The molecule has 5 heteroatoms. The zero-order chi connectivity index (χ0) is 21.1. The molecule has 5 rings (SSSR count). The number of pyridine rings is 1. The number of quaternary nitrogens is 1. The van der Waals surface area contributed by atoms with Crippen LogP contribution < -0.4 is 5.32 Å². The fourth-order valence-electron chi connectivity index (χ4n) is 4.70. The van der Waals surface area contributed by atoms with Crippen LogP contribution in [0.15, 0.2) is 95.5 Å². The first-order valence-corrected chi connectivity index (χ1v) is 11.2. The van der Waals surface area contributed by atoms with Gasteiger partial charge in [-0.3, -0.25) is 4.98 Å². The van der Waals surface area contributed by atoms with Gasteiger partial charge in [0.1, 0.15) is 24.5 Å². The minimum Gasteiger partial charge on any atom is -0.316 e. The molecule has 0 spiro atoms. The number of hydrogen-bond donors (Lipinski definition) is 1. The first-order valence-electron chi connectivity index (χ1n) is 10.8. The van der Waals surface area contributed by atoms with Gasteiger partial charge in [0.15, 0.2) is 0 Å². The van der Waals surface area contributed by atoms with E-state index in [1.165, 1.54) is 22.4 Å². The van der Waals surface area contributed by atoms with E-state index in [4.69, 9.17) is 16.7 Å². The number of benzene rings is 2. The molecular formula is C26H26ClN4+. The van der Waals surface area contributed by atoms with E-state index in [-0.39, 0.29) is 0 Å². The monoisotopic (exact) mass is 429 g/mol. The molecule has 0 amide bonds. The number of nitrogens with zero attached hydrogens (tertiary/aromatic N) is 3. The number of nitrogens with one attached hydrogen (secondary N) is 1. The molecule has 0 radical (unpaired) electrons. The van der Waals surface area contributed by atoms with Crippen LogP contribution in [-0.2, 0) is 13.1 Å². The van der Waals surface area contributed by atoms with E-state index >= 15 is 0 Å². The Kier molecular flexibility index (Phi) is 5.68. The molecule has 1 N–H and O–H groups in total. The summed E-state index contributed by atoms with van der Waals surface area (Å²) in [6, 6.07) is 23.0. The molecule has 3 heterocycles. The summed E-state index contributed by atoms with van der Waals surface area (Å²) in [6.07, 6.45) is 5.77. The number of aromatic nitrogens is 1. The van der Waals surface area contributed by atoms with Crippen LogP contribution in [0.25, 0.3) is 0 Å². The Balaban J connectivity index is 1.66. The summed E-state index contributed by atoms with van der Waals surface area (Å²) in [5.74, 6) is 0. The van der Waals surface area contributed by atoms with E-state index in [2.05, 4.69) is 58.8 Å². The molecule has 3 aromatic rings. The molecule has 0 fully saturated rings. The van der Waals surface area contributed by atoms with Gasteiger partial charge in [0.25, 0.3) is 0 Å². The minimum atomic E-state index is 0.574. The molecular weight excluding hydrogens is 404 g/mol. The lowest BCUT2D eigenvalue weighted by atomic mass is 9.98. The van der Waals surface area contributed by atoms with Crippen LogP contribution in [0.4, 0.5) is 0 Å². The predicted octanol–water partition coefficient (Wildman–Crippen LogP) is 5.31. The molecule has 0 bridgehead atoms. The van der Waals surface area contributed by atoms with Gasteiger partial charge in [0.2, 0.25) is 0 Å². The van der Waals surface area contributed by atoms with Crippen LogP contribution in [0.3, 0.4) is 0 Å². The molecule has 0 saturated heterocycles. The fraction of sp³-hybridized carbons (Fsp3) is 0.231. The van der Waals surface area contributed by atoms with Crippen molar-refractivity contribution in [3.63, 3.8) is 0 Å². The number of rotatable bonds is 5. The Morgan fingerprint density at radius 3 is 2.35 bits per heavy atom. The van der Waals surface area contributed by atoms with Crippen LogP contribution in [0.1, 0.15) is 29.5 Å². The Morgan fingerprint density at radius 1 is 0.839 bits per heavy atom. The van der Waals surface area contributed by atoms with Gasteiger partial charge in [-0.15, -0.1) is 0 Å². The molecule has 4 nitrogen and oxygen atoms in total. The first-order chi connectivity index (χ1) is 15.2. The van der Waals surface area contributed by atoms with Crippen LogP contribution in [0, 0.1) is 0 Å². The van der Waals surface area contributed by atoms with Gasteiger partial charge in [-0.1, -0.05) is 65.2 Å². The van der Waals surface area contributed by atoms with Gasteiger partial charge in [0, 0.05) is 52.6 Å². The van der Waals surface area contributed by atoms with E-state index < -0.39 is 0 Å². The average Bonchev–Trinajstić information content (AvgIpc) is 2.94. The lowest BCUT2D eigenvalue weighted by Crippen LogP contribution is -2.39. The van der Waals surface area contributed by atoms with Gasteiger partial charge in [0.05, 0.1) is 0 Å². The summed E-state index contributed by atoms with van der Waals surface area (Å²) >= 11 is 6.18. The SMILES string of the molecule is Clc1ccc(C2=N[N+](Cc3ccccc3)(Cc3cccnc3)C3=C2CCNCC3)cc1. The maximum atomic E-state index is 6.18. The number of hydrogen-bond acceptors (Lipinski definition) is 3. The molecule has 31 heavy (non-hydrogen) atoms. The summed E-state index contributed by atoms with van der Waals surface area (Å²) in [6.45, 7) is 3.57. The first kappa shape index (κ1) is 20.1. The average molecular weight is 430 g/mol. The van der Waals surface area contributed by atoms with Crippen molar-refractivity contribution in [2.75, 3.05) is 13.1 Å². The topological polar surface area (TPSA) is 37.3 Å². The predicted molar refractivity (Wildman–Crippen MR) is 125 cm³/mol. The summed E-state index contributed by atoms with van der Waals surface area (Å²) in [7, 11) is 0. The summed E-state index contributed by atoms with van der Waals surface area (Å²) < 4.78 is 0.574. The highest BCUT2D eigenvalue weighted by atomic mass is 35.5. The van der Waals surface area contributed by atoms with Crippen molar-refractivity contribution < 1.29 is 4.59 Å². The van der Waals surface area contributed by atoms with Gasteiger partial charge in [-0.05, 0) is 31.2 Å². The van der Waals surface area contributed by atoms with Crippen molar-refractivity contribution >= 4 is 17.3 Å². The van der Waals surface area contributed by atoms with E-state index in [9.17, 15) is 0 Å². The summed E-state index contributed by atoms with van der Waals surface area (Å²) in [5.41, 5.74) is 7.53. The highest BCUT2D eigenvalue weighted by Gasteiger charge is 2.44. The molecule has 0 saturated carbocycles. The normalized spacial score (nSPS) is 20.9. The minimum absolute atomic E-state index is 0.574. The van der Waals surface area contributed by atoms with Gasteiger partial charge in [-0.2, -0.15) is 4.59 Å². The van der Waals surface area contributed by atoms with E-state index in [1.54, 1.807) is 0 Å². The molecule has 0 aliphatic carbocycles. The van der Waals surface area contributed by atoms with Crippen LogP contribution in [0.5, 0.6) is 0 Å². The van der Waals surface area contributed by atoms with Gasteiger partial charge >= 0.3 is 0 Å². The van der Waals surface area contributed by atoms with Gasteiger partial charge < -0.3 is 5.32 Å². The molecule has 2 aromatic carbocycles. The Hall–Kier alpha value is -2.79. The third-order valence-electron chi connectivity index (χ3n) is 6.09. The molecule has 1 atom stereocenters. The Morgan fingerprint density at radius 2 is 1.58 bits per heavy atom. The second-order valence-electron chi connectivity index (χ2n) is 8.22. The Labute approximate surface area is 188 Å². The maximum Gasteiger partial charge on any atom is 0.143 e. The lowest BCUT2D eigenvalue weighted by Gasteiger charge is -2.31. The fourth-order valence-corrected chi connectivity index (χ4v) is 4.83. The van der Waals surface area contributed by atoms with Crippen LogP contribution >= 0.6 is 11.6 Å². The largest absolute Gasteiger partial charge is 0.316 e. The van der Waals surface area contributed by atoms with E-state index in [0.29, 0.717) is 4.59 Å². The highest BCUT2D eigenvalue weighted by molar-refractivity contribution is 6.30. The van der Waals surface area contributed by atoms with Crippen LogP contribution in [-0.4, -0.2) is 28.4 Å². The second kappa shape index (κ2) is 8.75. The third kappa shape index (κ3) is 4.19. The Bertz CT molecular complexity index is 1060. The summed E-state index contributed by atoms with van der Waals surface area (Å²) in [5, 5.41) is 9.81. The highest BCUT2D eigenvalue weighted by Crippen LogP contribution is 2.40. The molecule has 156 valence electrons. The van der Waals surface area contributed by atoms with Crippen molar-refractivity contribution in [2.45, 2.75) is 25.9 Å². The van der Waals surface area contributed by atoms with Crippen molar-refractivity contribution in [2.24, 2.45) is 5.10 Å². The number of halogens is 1. The summed E-state index contributed by atoms with van der Waals surface area (Å²) in [4.78, 5) is 4.37. The van der Waals surface area contributed by atoms with Crippen molar-refractivity contribution in [3.8, 4) is 0 Å². The van der Waals surface area contributed by atoms with Crippen LogP contribution in [0.2, 0.25) is 5.02 Å². The van der Waals surface area contributed by atoms with E-state index in [0.717, 1.165) is 55.3 Å². The smallest absolute Gasteiger partial charge is 0.143 e. The zero-order valence-corrected chi connectivity index (χ0v) is 18.2. The molecule has 2 aliphatic rings. The van der Waals surface area contributed by atoms with Gasteiger partial charge in [-0.25, -0.2) is 0 Å². The quantitative estimate of drug-likeness (QED) is 0.558. The maximum absolute atomic E-state index is 6.18. The third-order valence-corrected chi connectivity index (χ3v) is 6.34. The zero-order valence-electron chi connectivity index (χ0n) is 17.5. The molecule has 1 unspecified atom stereocenters. The second-order valence-corrected chi connectivity index (χ2v) is 8.65. The van der Waals surface area contributed by atoms with Crippen molar-refractivity contribution in [3.05, 3.63) is 112 Å².